The standard InChI is InChI=1S/C14H18N4/c15-12(11-5-2-1-3-6-11)8-9-14-17-16-13-7-4-10-18(13)14/h1-3,5-6,12H,4,7-10,15H2. The van der Waals surface area contributed by atoms with Crippen LogP contribution >= 0.6 is 0 Å². The minimum Gasteiger partial charge on any atom is -0.324 e. The van der Waals surface area contributed by atoms with Crippen molar-refractivity contribution >= 4 is 0 Å². The molecule has 4 heteroatoms. The number of hydrogen-bond acceptors (Lipinski definition) is 3. The van der Waals surface area contributed by atoms with Crippen molar-refractivity contribution in [1.29, 1.82) is 0 Å². The Bertz CT molecular complexity index is 518. The SMILES string of the molecule is NC(CCc1nnc2n1CCC2)c1ccccc1. The summed E-state index contributed by atoms with van der Waals surface area (Å²) in [5.74, 6) is 2.23. The monoisotopic (exact) mass is 242 g/mol. The third-order valence-corrected chi connectivity index (χ3v) is 3.59. The van der Waals surface area contributed by atoms with Gasteiger partial charge in [-0.3, -0.25) is 0 Å². The Labute approximate surface area is 107 Å². The van der Waals surface area contributed by atoms with E-state index in [1.165, 1.54) is 12.0 Å². The van der Waals surface area contributed by atoms with Crippen LogP contribution in [0.15, 0.2) is 30.3 Å². The molecule has 0 aliphatic carbocycles. The van der Waals surface area contributed by atoms with Gasteiger partial charge in [0.05, 0.1) is 0 Å². The fourth-order valence-corrected chi connectivity index (χ4v) is 2.55. The van der Waals surface area contributed by atoms with Gasteiger partial charge in [-0.1, -0.05) is 30.3 Å². The fraction of sp³-hybridized carbons (Fsp3) is 0.429. The van der Waals surface area contributed by atoms with E-state index >= 15 is 0 Å². The highest BCUT2D eigenvalue weighted by Gasteiger charge is 2.17. The van der Waals surface area contributed by atoms with Crippen LogP contribution in [0.3, 0.4) is 0 Å². The van der Waals surface area contributed by atoms with Crippen molar-refractivity contribution in [3.05, 3.63) is 47.5 Å². The zero-order valence-electron chi connectivity index (χ0n) is 10.4. The van der Waals surface area contributed by atoms with Crippen molar-refractivity contribution in [1.82, 2.24) is 14.8 Å². The Kier molecular flexibility index (Phi) is 3.11. The first-order chi connectivity index (χ1) is 8.84. The van der Waals surface area contributed by atoms with E-state index in [0.717, 1.165) is 37.5 Å². The van der Waals surface area contributed by atoms with Crippen molar-refractivity contribution in [2.45, 2.75) is 38.3 Å². The van der Waals surface area contributed by atoms with Crippen LogP contribution in [-0.4, -0.2) is 14.8 Å². The van der Waals surface area contributed by atoms with Gasteiger partial charge in [0.2, 0.25) is 0 Å². The van der Waals surface area contributed by atoms with E-state index in [0.29, 0.717) is 0 Å². The number of aromatic nitrogens is 3. The van der Waals surface area contributed by atoms with Crippen molar-refractivity contribution in [3.63, 3.8) is 0 Å². The largest absolute Gasteiger partial charge is 0.324 e. The topological polar surface area (TPSA) is 56.7 Å². The summed E-state index contributed by atoms with van der Waals surface area (Å²) >= 11 is 0. The first-order valence-corrected chi connectivity index (χ1v) is 6.56. The number of aryl methyl sites for hydroxylation is 2. The first kappa shape index (κ1) is 11.4. The highest BCUT2D eigenvalue weighted by molar-refractivity contribution is 5.18. The molecule has 0 saturated carbocycles. The molecule has 1 aromatic carbocycles. The van der Waals surface area contributed by atoms with Crippen molar-refractivity contribution < 1.29 is 0 Å². The lowest BCUT2D eigenvalue weighted by Crippen LogP contribution is -2.12. The van der Waals surface area contributed by atoms with Gasteiger partial charge in [0.15, 0.2) is 0 Å². The summed E-state index contributed by atoms with van der Waals surface area (Å²) in [6, 6.07) is 10.3. The van der Waals surface area contributed by atoms with Crippen LogP contribution in [0, 0.1) is 0 Å². The second-order valence-electron chi connectivity index (χ2n) is 4.84. The molecule has 0 radical (unpaired) electrons. The third kappa shape index (κ3) is 2.16. The molecule has 1 atom stereocenters. The molecule has 94 valence electrons. The molecule has 0 fully saturated rings. The molecule has 0 spiro atoms. The average Bonchev–Trinajstić information content (AvgIpc) is 3.00. The summed E-state index contributed by atoms with van der Waals surface area (Å²) in [4.78, 5) is 0. The van der Waals surface area contributed by atoms with Gasteiger partial charge in [-0.05, 0) is 18.4 Å². The van der Waals surface area contributed by atoms with Gasteiger partial charge in [0, 0.05) is 25.4 Å². The Balaban J connectivity index is 1.64. The second kappa shape index (κ2) is 4.90. The summed E-state index contributed by atoms with van der Waals surface area (Å²) in [7, 11) is 0. The number of nitrogens with two attached hydrogens (primary N) is 1. The highest BCUT2D eigenvalue weighted by atomic mass is 15.3. The Morgan fingerprint density at radius 1 is 1.22 bits per heavy atom. The number of nitrogens with zero attached hydrogens (tertiary/aromatic N) is 3. The molecular weight excluding hydrogens is 224 g/mol. The van der Waals surface area contributed by atoms with Gasteiger partial charge in [-0.25, -0.2) is 0 Å². The molecule has 1 aliphatic rings. The van der Waals surface area contributed by atoms with E-state index in [4.69, 9.17) is 5.73 Å². The normalized spacial score (nSPS) is 15.6. The maximum absolute atomic E-state index is 6.20. The number of benzene rings is 1. The van der Waals surface area contributed by atoms with Crippen LogP contribution in [-0.2, 0) is 19.4 Å². The first-order valence-electron chi connectivity index (χ1n) is 6.56. The minimum absolute atomic E-state index is 0.0838. The van der Waals surface area contributed by atoms with Crippen molar-refractivity contribution in [2.75, 3.05) is 0 Å². The van der Waals surface area contributed by atoms with Gasteiger partial charge < -0.3 is 10.3 Å². The number of fused-ring (bicyclic) bond motifs is 1. The zero-order valence-corrected chi connectivity index (χ0v) is 10.4. The fourth-order valence-electron chi connectivity index (χ4n) is 2.55. The lowest BCUT2D eigenvalue weighted by molar-refractivity contribution is 0.602. The third-order valence-electron chi connectivity index (χ3n) is 3.59. The van der Waals surface area contributed by atoms with Crippen LogP contribution in [0.1, 0.15) is 36.1 Å². The quantitative estimate of drug-likeness (QED) is 0.890. The maximum atomic E-state index is 6.20. The molecule has 1 unspecified atom stereocenters. The molecule has 1 aliphatic heterocycles. The number of hydrogen-bond donors (Lipinski definition) is 1. The smallest absolute Gasteiger partial charge is 0.133 e. The van der Waals surface area contributed by atoms with E-state index in [-0.39, 0.29) is 6.04 Å². The molecule has 4 nitrogen and oxygen atoms in total. The van der Waals surface area contributed by atoms with Crippen molar-refractivity contribution in [2.24, 2.45) is 5.73 Å². The van der Waals surface area contributed by atoms with Gasteiger partial charge >= 0.3 is 0 Å². The molecule has 2 heterocycles. The zero-order chi connectivity index (χ0) is 12.4. The van der Waals surface area contributed by atoms with E-state index in [1.54, 1.807) is 0 Å². The van der Waals surface area contributed by atoms with E-state index in [1.807, 2.05) is 18.2 Å². The highest BCUT2D eigenvalue weighted by Crippen LogP contribution is 2.19. The Morgan fingerprint density at radius 3 is 2.89 bits per heavy atom. The molecule has 0 bridgehead atoms. The molecule has 2 N–H and O–H groups in total. The molecule has 2 aromatic rings. The van der Waals surface area contributed by atoms with Gasteiger partial charge in [0.25, 0.3) is 0 Å². The van der Waals surface area contributed by atoms with Crippen LogP contribution in [0.2, 0.25) is 0 Å². The van der Waals surface area contributed by atoms with Gasteiger partial charge in [-0.2, -0.15) is 0 Å². The molecule has 0 amide bonds. The van der Waals surface area contributed by atoms with Crippen molar-refractivity contribution in [3.8, 4) is 0 Å². The average molecular weight is 242 g/mol. The number of rotatable bonds is 4. The summed E-state index contributed by atoms with van der Waals surface area (Å²) in [5.41, 5.74) is 7.39. The molecular formula is C14H18N4. The summed E-state index contributed by atoms with van der Waals surface area (Å²) in [6.07, 6.45) is 4.09. The lowest BCUT2D eigenvalue weighted by Gasteiger charge is -2.11. The summed E-state index contributed by atoms with van der Waals surface area (Å²) in [5, 5.41) is 8.48. The lowest BCUT2D eigenvalue weighted by atomic mass is 10.0. The summed E-state index contributed by atoms with van der Waals surface area (Å²) < 4.78 is 2.25. The summed E-state index contributed by atoms with van der Waals surface area (Å²) in [6.45, 7) is 1.07. The molecule has 0 saturated heterocycles. The second-order valence-corrected chi connectivity index (χ2v) is 4.84. The van der Waals surface area contributed by atoms with Gasteiger partial charge in [-0.15, -0.1) is 10.2 Å². The van der Waals surface area contributed by atoms with Gasteiger partial charge in [0.1, 0.15) is 11.6 Å². The van der Waals surface area contributed by atoms with E-state index in [2.05, 4.69) is 26.9 Å². The molecule has 1 aromatic heterocycles. The van der Waals surface area contributed by atoms with Crippen LogP contribution in [0.25, 0.3) is 0 Å². The maximum Gasteiger partial charge on any atom is 0.133 e. The van der Waals surface area contributed by atoms with E-state index in [9.17, 15) is 0 Å². The Hall–Kier alpha value is -1.68. The van der Waals surface area contributed by atoms with Crippen LogP contribution in [0.4, 0.5) is 0 Å². The van der Waals surface area contributed by atoms with E-state index < -0.39 is 0 Å². The van der Waals surface area contributed by atoms with Crippen LogP contribution < -0.4 is 5.73 Å². The molecule has 18 heavy (non-hydrogen) atoms. The predicted molar refractivity (Wildman–Crippen MR) is 70.0 cm³/mol. The van der Waals surface area contributed by atoms with Crippen LogP contribution in [0.5, 0.6) is 0 Å². The predicted octanol–water partition coefficient (Wildman–Crippen LogP) is 1.86. The minimum atomic E-state index is 0.0838. The Morgan fingerprint density at radius 2 is 2.06 bits per heavy atom. The molecule has 3 rings (SSSR count).